The highest BCUT2D eigenvalue weighted by Crippen LogP contribution is 2.37. The summed E-state index contributed by atoms with van der Waals surface area (Å²) in [5, 5.41) is 13.5. The molecule has 0 saturated heterocycles. The van der Waals surface area contributed by atoms with Crippen LogP contribution < -0.4 is 0 Å². The molecule has 3 rings (SSSR count). The molecule has 0 spiro atoms. The van der Waals surface area contributed by atoms with Crippen molar-refractivity contribution in [2.45, 2.75) is 31.9 Å². The molecule has 4 nitrogen and oxygen atoms in total. The summed E-state index contributed by atoms with van der Waals surface area (Å²) in [6.45, 7) is 1.29. The van der Waals surface area contributed by atoms with E-state index in [4.69, 9.17) is 10.00 Å². The van der Waals surface area contributed by atoms with Crippen LogP contribution >= 0.6 is 0 Å². The Balaban J connectivity index is 2.12. The molecular weight excluding hydrogens is 178 g/mol. The standard InChI is InChI=1S/C10H11N3O/c11-5-10-8-3-4-14-6-9(8)12-13(10)7-1-2-7/h7H,1-4,6H2. The minimum absolute atomic E-state index is 0.482. The Morgan fingerprint density at radius 2 is 2.36 bits per heavy atom. The molecule has 14 heavy (non-hydrogen) atoms. The zero-order valence-electron chi connectivity index (χ0n) is 7.86. The maximum atomic E-state index is 9.09. The van der Waals surface area contributed by atoms with Crippen LogP contribution in [0, 0.1) is 11.3 Å². The van der Waals surface area contributed by atoms with Crippen molar-refractivity contribution in [1.82, 2.24) is 9.78 Å². The van der Waals surface area contributed by atoms with Crippen LogP contribution in [0.3, 0.4) is 0 Å². The van der Waals surface area contributed by atoms with Crippen LogP contribution in [0.5, 0.6) is 0 Å². The van der Waals surface area contributed by atoms with Crippen molar-refractivity contribution < 1.29 is 4.74 Å². The minimum Gasteiger partial charge on any atom is -0.375 e. The van der Waals surface area contributed by atoms with Crippen LogP contribution in [0.1, 0.15) is 35.8 Å². The number of fused-ring (bicyclic) bond motifs is 1. The van der Waals surface area contributed by atoms with Gasteiger partial charge in [0.2, 0.25) is 0 Å². The van der Waals surface area contributed by atoms with E-state index < -0.39 is 0 Å². The number of hydrogen-bond acceptors (Lipinski definition) is 3. The van der Waals surface area contributed by atoms with Gasteiger partial charge >= 0.3 is 0 Å². The van der Waals surface area contributed by atoms with Crippen molar-refractivity contribution in [3.63, 3.8) is 0 Å². The lowest BCUT2D eigenvalue weighted by Gasteiger charge is -2.09. The van der Waals surface area contributed by atoms with Gasteiger partial charge in [-0.3, -0.25) is 4.68 Å². The highest BCUT2D eigenvalue weighted by Gasteiger charge is 2.30. The fourth-order valence-electron chi connectivity index (χ4n) is 1.94. The lowest BCUT2D eigenvalue weighted by Crippen LogP contribution is -2.09. The van der Waals surface area contributed by atoms with Gasteiger partial charge < -0.3 is 4.74 Å². The van der Waals surface area contributed by atoms with E-state index in [0.29, 0.717) is 12.6 Å². The molecule has 1 saturated carbocycles. The second-order valence-electron chi connectivity index (χ2n) is 3.86. The average Bonchev–Trinajstić information content (AvgIpc) is 2.99. The molecule has 2 heterocycles. The zero-order chi connectivity index (χ0) is 9.54. The SMILES string of the molecule is N#Cc1c2c(nn1C1CC1)COCC2. The average molecular weight is 189 g/mol. The van der Waals surface area contributed by atoms with Crippen LogP contribution in [-0.4, -0.2) is 16.4 Å². The van der Waals surface area contributed by atoms with Crippen molar-refractivity contribution in [2.24, 2.45) is 0 Å². The number of ether oxygens (including phenoxy) is 1. The van der Waals surface area contributed by atoms with E-state index in [1.165, 1.54) is 0 Å². The molecule has 0 unspecified atom stereocenters. The first-order valence-electron chi connectivity index (χ1n) is 4.98. The summed E-state index contributed by atoms with van der Waals surface area (Å²) in [7, 11) is 0. The lowest BCUT2D eigenvalue weighted by molar-refractivity contribution is 0.108. The van der Waals surface area contributed by atoms with Gasteiger partial charge in [0.05, 0.1) is 24.9 Å². The Morgan fingerprint density at radius 3 is 3.07 bits per heavy atom. The summed E-state index contributed by atoms with van der Waals surface area (Å²) in [6.07, 6.45) is 3.16. The predicted molar refractivity (Wildman–Crippen MR) is 48.6 cm³/mol. The van der Waals surface area contributed by atoms with Crippen LogP contribution in [0.2, 0.25) is 0 Å². The molecule has 2 aliphatic rings. The van der Waals surface area contributed by atoms with Crippen molar-refractivity contribution >= 4 is 0 Å². The van der Waals surface area contributed by atoms with Gasteiger partial charge in [0.1, 0.15) is 11.8 Å². The van der Waals surface area contributed by atoms with E-state index in [9.17, 15) is 0 Å². The molecule has 0 aromatic carbocycles. The molecular formula is C10H11N3O. The molecule has 0 atom stereocenters. The normalized spacial score (nSPS) is 20.2. The summed E-state index contributed by atoms with van der Waals surface area (Å²) in [5.74, 6) is 0. The Morgan fingerprint density at radius 1 is 1.50 bits per heavy atom. The number of nitrogens with zero attached hydrogens (tertiary/aromatic N) is 3. The van der Waals surface area contributed by atoms with Gasteiger partial charge in [-0.15, -0.1) is 0 Å². The van der Waals surface area contributed by atoms with Gasteiger partial charge in [0, 0.05) is 12.0 Å². The summed E-state index contributed by atoms with van der Waals surface area (Å²) >= 11 is 0. The quantitative estimate of drug-likeness (QED) is 0.666. The van der Waals surface area contributed by atoms with E-state index in [-0.39, 0.29) is 0 Å². The minimum atomic E-state index is 0.482. The molecule has 1 aliphatic heterocycles. The Bertz CT molecular complexity index is 412. The molecule has 1 aliphatic carbocycles. The van der Waals surface area contributed by atoms with Crippen LogP contribution in [-0.2, 0) is 17.8 Å². The van der Waals surface area contributed by atoms with Gasteiger partial charge in [0.15, 0.2) is 0 Å². The third-order valence-corrected chi connectivity index (χ3v) is 2.83. The summed E-state index contributed by atoms with van der Waals surface area (Å²) in [4.78, 5) is 0. The van der Waals surface area contributed by atoms with Crippen molar-refractivity contribution in [2.75, 3.05) is 6.61 Å². The van der Waals surface area contributed by atoms with E-state index in [1.54, 1.807) is 0 Å². The van der Waals surface area contributed by atoms with Crippen LogP contribution in [0.4, 0.5) is 0 Å². The molecule has 72 valence electrons. The number of hydrogen-bond donors (Lipinski definition) is 0. The highest BCUT2D eigenvalue weighted by molar-refractivity contribution is 5.37. The lowest BCUT2D eigenvalue weighted by atomic mass is 10.1. The van der Waals surface area contributed by atoms with Crippen LogP contribution in [0.25, 0.3) is 0 Å². The third-order valence-electron chi connectivity index (χ3n) is 2.83. The third kappa shape index (κ3) is 1.06. The number of aromatic nitrogens is 2. The summed E-state index contributed by atoms with van der Waals surface area (Å²) in [5.41, 5.74) is 2.86. The zero-order valence-corrected chi connectivity index (χ0v) is 7.86. The number of nitriles is 1. The molecule has 0 N–H and O–H groups in total. The first-order chi connectivity index (χ1) is 6.90. The predicted octanol–water partition coefficient (Wildman–Crippen LogP) is 1.16. The Kier molecular flexibility index (Phi) is 1.62. The van der Waals surface area contributed by atoms with Crippen molar-refractivity contribution in [3.8, 4) is 6.07 Å². The fourth-order valence-corrected chi connectivity index (χ4v) is 1.94. The van der Waals surface area contributed by atoms with Crippen molar-refractivity contribution in [3.05, 3.63) is 17.0 Å². The monoisotopic (exact) mass is 189 g/mol. The Hall–Kier alpha value is -1.34. The highest BCUT2D eigenvalue weighted by atomic mass is 16.5. The van der Waals surface area contributed by atoms with E-state index in [0.717, 1.165) is 42.8 Å². The molecule has 0 amide bonds. The first-order valence-corrected chi connectivity index (χ1v) is 4.98. The second-order valence-corrected chi connectivity index (χ2v) is 3.86. The van der Waals surface area contributed by atoms with E-state index in [1.807, 2.05) is 4.68 Å². The van der Waals surface area contributed by atoms with Crippen molar-refractivity contribution in [1.29, 1.82) is 5.26 Å². The maximum Gasteiger partial charge on any atom is 0.142 e. The smallest absolute Gasteiger partial charge is 0.142 e. The molecule has 0 radical (unpaired) electrons. The van der Waals surface area contributed by atoms with Gasteiger partial charge in [-0.25, -0.2) is 0 Å². The fraction of sp³-hybridized carbons (Fsp3) is 0.600. The van der Waals surface area contributed by atoms with Gasteiger partial charge in [-0.2, -0.15) is 10.4 Å². The Labute approximate surface area is 82.1 Å². The largest absolute Gasteiger partial charge is 0.375 e. The second kappa shape index (κ2) is 2.82. The summed E-state index contributed by atoms with van der Waals surface area (Å²) in [6, 6.07) is 2.75. The van der Waals surface area contributed by atoms with E-state index in [2.05, 4.69) is 11.2 Å². The summed E-state index contributed by atoms with van der Waals surface area (Å²) < 4.78 is 7.23. The number of rotatable bonds is 1. The first kappa shape index (κ1) is 8.01. The maximum absolute atomic E-state index is 9.09. The van der Waals surface area contributed by atoms with Gasteiger partial charge in [-0.05, 0) is 12.8 Å². The van der Waals surface area contributed by atoms with E-state index >= 15 is 0 Å². The van der Waals surface area contributed by atoms with Crippen LogP contribution in [0.15, 0.2) is 0 Å². The molecule has 0 bridgehead atoms. The van der Waals surface area contributed by atoms with Gasteiger partial charge in [0.25, 0.3) is 0 Å². The molecule has 4 heteroatoms. The topological polar surface area (TPSA) is 50.8 Å². The molecule has 1 aromatic heterocycles. The molecule has 1 fully saturated rings. The molecule has 1 aromatic rings. The van der Waals surface area contributed by atoms with Gasteiger partial charge in [-0.1, -0.05) is 0 Å².